The van der Waals surface area contributed by atoms with E-state index in [1.165, 1.54) is 0 Å². The maximum atomic E-state index is 12.4. The zero-order valence-electron chi connectivity index (χ0n) is 16.4. The van der Waals surface area contributed by atoms with Crippen LogP contribution in [0.3, 0.4) is 0 Å². The number of carbonyl (C=O) groups is 1. The predicted octanol–water partition coefficient (Wildman–Crippen LogP) is 4.85. The van der Waals surface area contributed by atoms with Crippen LogP contribution in [0, 0.1) is 0 Å². The number of carbonyl (C=O) groups excluding carboxylic acids is 1. The summed E-state index contributed by atoms with van der Waals surface area (Å²) in [6.07, 6.45) is 3.48. The fourth-order valence-electron chi connectivity index (χ4n) is 3.34. The first kappa shape index (κ1) is 18.6. The Morgan fingerprint density at radius 3 is 2.17 bits per heavy atom. The summed E-state index contributed by atoms with van der Waals surface area (Å²) in [5.41, 5.74) is 2.04. The Hall–Kier alpha value is -3.73. The minimum atomic E-state index is -0.401. The van der Waals surface area contributed by atoms with Crippen LogP contribution in [0.4, 0.5) is 0 Å². The monoisotopic (exact) mass is 388 g/mol. The summed E-state index contributed by atoms with van der Waals surface area (Å²) in [5.74, 6) is 1.66. The summed E-state index contributed by atoms with van der Waals surface area (Å²) in [7, 11) is 4.65. The maximum Gasteiger partial charge on any atom is 0.343 e. The smallest absolute Gasteiger partial charge is 0.343 e. The van der Waals surface area contributed by atoms with Crippen molar-refractivity contribution in [1.29, 1.82) is 0 Å². The van der Waals surface area contributed by atoms with E-state index in [1.807, 2.05) is 42.5 Å². The third kappa shape index (κ3) is 3.55. The lowest BCUT2D eigenvalue weighted by Gasteiger charge is -2.12. The Labute approximate surface area is 168 Å². The van der Waals surface area contributed by atoms with Crippen LogP contribution < -0.4 is 14.2 Å². The standard InChI is InChI=1S/C24H20O5/c1-26-21-11-15(12-22(27-2)23(21)28-3)10-19-14-20(29-24(19)25)18-9-8-16-6-4-5-7-17(16)13-18/h4-14H,1-3H3/b19-10-. The summed E-state index contributed by atoms with van der Waals surface area (Å²) in [5, 5.41) is 2.22. The van der Waals surface area contributed by atoms with Crippen molar-refractivity contribution < 1.29 is 23.7 Å². The van der Waals surface area contributed by atoms with Gasteiger partial charge in [0.2, 0.25) is 5.75 Å². The number of fused-ring (bicyclic) bond motifs is 1. The molecule has 5 heteroatoms. The molecule has 0 saturated carbocycles. The zero-order valence-corrected chi connectivity index (χ0v) is 16.4. The highest BCUT2D eigenvalue weighted by atomic mass is 16.5. The number of benzene rings is 3. The molecule has 0 aliphatic carbocycles. The zero-order chi connectivity index (χ0) is 20.4. The first-order valence-corrected chi connectivity index (χ1v) is 9.07. The van der Waals surface area contributed by atoms with Gasteiger partial charge in [0.25, 0.3) is 0 Å². The van der Waals surface area contributed by atoms with Crippen LogP contribution in [0.25, 0.3) is 22.6 Å². The molecule has 0 aromatic heterocycles. The van der Waals surface area contributed by atoms with Crippen molar-refractivity contribution >= 4 is 28.6 Å². The van der Waals surface area contributed by atoms with Gasteiger partial charge < -0.3 is 18.9 Å². The molecule has 0 saturated heterocycles. The number of ether oxygens (including phenoxy) is 4. The van der Waals surface area contributed by atoms with Crippen molar-refractivity contribution in [2.75, 3.05) is 21.3 Å². The van der Waals surface area contributed by atoms with Crippen LogP contribution in [0.15, 0.2) is 66.2 Å². The van der Waals surface area contributed by atoms with E-state index in [1.54, 1.807) is 45.6 Å². The van der Waals surface area contributed by atoms with Gasteiger partial charge in [0, 0.05) is 5.56 Å². The van der Waals surface area contributed by atoms with Gasteiger partial charge in [0.1, 0.15) is 5.76 Å². The molecular formula is C24H20O5. The molecule has 1 heterocycles. The normalized spacial score (nSPS) is 14.7. The summed E-state index contributed by atoms with van der Waals surface area (Å²) in [4.78, 5) is 12.4. The lowest BCUT2D eigenvalue weighted by molar-refractivity contribution is -0.130. The van der Waals surface area contributed by atoms with Gasteiger partial charge in [-0.25, -0.2) is 4.79 Å². The molecule has 0 bridgehead atoms. The van der Waals surface area contributed by atoms with Crippen LogP contribution in [0.1, 0.15) is 11.1 Å². The van der Waals surface area contributed by atoms with Gasteiger partial charge in [0.15, 0.2) is 11.5 Å². The van der Waals surface area contributed by atoms with Gasteiger partial charge in [-0.15, -0.1) is 0 Å². The number of hydrogen-bond donors (Lipinski definition) is 0. The number of hydrogen-bond acceptors (Lipinski definition) is 5. The second-order valence-corrected chi connectivity index (χ2v) is 6.52. The largest absolute Gasteiger partial charge is 0.493 e. The van der Waals surface area contributed by atoms with Crippen LogP contribution in [0.5, 0.6) is 17.2 Å². The molecule has 3 aromatic rings. The van der Waals surface area contributed by atoms with Crippen molar-refractivity contribution in [3.05, 3.63) is 77.4 Å². The van der Waals surface area contributed by atoms with Gasteiger partial charge in [-0.2, -0.15) is 0 Å². The van der Waals surface area contributed by atoms with Crippen LogP contribution in [0.2, 0.25) is 0 Å². The number of cyclic esters (lactones) is 1. The number of esters is 1. The van der Waals surface area contributed by atoms with Crippen molar-refractivity contribution in [3.63, 3.8) is 0 Å². The summed E-state index contributed by atoms with van der Waals surface area (Å²) in [6, 6.07) is 17.6. The van der Waals surface area contributed by atoms with Crippen LogP contribution in [-0.4, -0.2) is 27.3 Å². The van der Waals surface area contributed by atoms with E-state index in [0.717, 1.165) is 21.9 Å². The summed E-state index contributed by atoms with van der Waals surface area (Å²) >= 11 is 0. The van der Waals surface area contributed by atoms with E-state index < -0.39 is 5.97 Å². The first-order chi connectivity index (χ1) is 14.1. The topological polar surface area (TPSA) is 54.0 Å². The maximum absolute atomic E-state index is 12.4. The fraction of sp³-hybridized carbons (Fsp3) is 0.125. The molecule has 4 rings (SSSR count). The average molecular weight is 388 g/mol. The molecular weight excluding hydrogens is 368 g/mol. The van der Waals surface area contributed by atoms with E-state index >= 15 is 0 Å². The Balaban J connectivity index is 1.72. The molecule has 0 fully saturated rings. The van der Waals surface area contributed by atoms with Crippen molar-refractivity contribution in [3.8, 4) is 17.2 Å². The van der Waals surface area contributed by atoms with E-state index in [4.69, 9.17) is 18.9 Å². The van der Waals surface area contributed by atoms with Gasteiger partial charge >= 0.3 is 5.97 Å². The van der Waals surface area contributed by atoms with Gasteiger partial charge in [-0.3, -0.25) is 0 Å². The lowest BCUT2D eigenvalue weighted by Crippen LogP contribution is -1.98. The summed E-state index contributed by atoms with van der Waals surface area (Å²) < 4.78 is 21.6. The first-order valence-electron chi connectivity index (χ1n) is 9.07. The van der Waals surface area contributed by atoms with E-state index in [2.05, 4.69) is 0 Å². The molecule has 0 radical (unpaired) electrons. The molecule has 0 amide bonds. The quantitative estimate of drug-likeness (QED) is 0.462. The van der Waals surface area contributed by atoms with Gasteiger partial charge in [0.05, 0.1) is 26.9 Å². The Kier molecular flexibility index (Phi) is 4.96. The predicted molar refractivity (Wildman–Crippen MR) is 112 cm³/mol. The van der Waals surface area contributed by atoms with Gasteiger partial charge in [-0.1, -0.05) is 36.4 Å². The van der Waals surface area contributed by atoms with Crippen molar-refractivity contribution in [1.82, 2.24) is 0 Å². The molecule has 146 valence electrons. The molecule has 0 N–H and O–H groups in total. The minimum absolute atomic E-state index is 0.401. The second kappa shape index (κ2) is 7.72. The average Bonchev–Trinajstić information content (AvgIpc) is 3.12. The third-order valence-electron chi connectivity index (χ3n) is 4.77. The molecule has 1 aliphatic rings. The molecule has 29 heavy (non-hydrogen) atoms. The third-order valence-corrected chi connectivity index (χ3v) is 4.77. The minimum Gasteiger partial charge on any atom is -0.493 e. The van der Waals surface area contributed by atoms with Crippen LogP contribution in [-0.2, 0) is 9.53 Å². The molecule has 5 nitrogen and oxygen atoms in total. The van der Waals surface area contributed by atoms with E-state index in [0.29, 0.717) is 28.6 Å². The number of rotatable bonds is 5. The van der Waals surface area contributed by atoms with Crippen molar-refractivity contribution in [2.24, 2.45) is 0 Å². The van der Waals surface area contributed by atoms with Crippen molar-refractivity contribution in [2.45, 2.75) is 0 Å². The SMILES string of the molecule is COc1cc(/C=C2/C=C(c3ccc4ccccc4c3)OC2=O)cc(OC)c1OC. The molecule has 1 aliphatic heterocycles. The molecule has 0 spiro atoms. The highest BCUT2D eigenvalue weighted by Gasteiger charge is 2.23. The summed E-state index contributed by atoms with van der Waals surface area (Å²) in [6.45, 7) is 0. The number of methoxy groups -OCH3 is 3. The molecule has 0 atom stereocenters. The van der Waals surface area contributed by atoms with Gasteiger partial charge in [-0.05, 0) is 46.7 Å². The van der Waals surface area contributed by atoms with E-state index in [-0.39, 0.29) is 0 Å². The fourth-order valence-corrected chi connectivity index (χ4v) is 3.34. The highest BCUT2D eigenvalue weighted by Crippen LogP contribution is 2.39. The lowest BCUT2D eigenvalue weighted by atomic mass is 10.0. The molecule has 0 unspecified atom stereocenters. The van der Waals surface area contributed by atoms with E-state index in [9.17, 15) is 4.79 Å². The Morgan fingerprint density at radius 1 is 0.828 bits per heavy atom. The molecule has 3 aromatic carbocycles. The second-order valence-electron chi connectivity index (χ2n) is 6.52. The Morgan fingerprint density at radius 2 is 1.52 bits per heavy atom. The Bertz CT molecular complexity index is 1130. The van der Waals surface area contributed by atoms with Crippen LogP contribution >= 0.6 is 0 Å². The highest BCUT2D eigenvalue weighted by molar-refractivity contribution is 6.05.